The smallest absolute Gasteiger partial charge is 0.0346 e. The number of hydrogen-bond donors (Lipinski definition) is 1. The first-order valence-electron chi connectivity index (χ1n) is 8.27. The molecule has 0 heterocycles. The monoisotopic (exact) mass is 273 g/mol. The highest BCUT2D eigenvalue weighted by molar-refractivity contribution is 5.32. The van der Waals surface area contributed by atoms with Crippen molar-refractivity contribution in [1.82, 2.24) is 5.32 Å². The van der Waals surface area contributed by atoms with Crippen LogP contribution in [0.3, 0.4) is 0 Å². The fourth-order valence-electron chi connectivity index (χ4n) is 3.78. The third-order valence-electron chi connectivity index (χ3n) is 5.43. The zero-order valence-corrected chi connectivity index (χ0v) is 13.9. The molecule has 1 aromatic carbocycles. The van der Waals surface area contributed by atoms with Gasteiger partial charge in [-0.3, -0.25) is 0 Å². The first-order chi connectivity index (χ1) is 9.52. The highest BCUT2D eigenvalue weighted by atomic mass is 14.9. The molecular formula is C19H31N. The van der Waals surface area contributed by atoms with Gasteiger partial charge in [-0.1, -0.05) is 32.0 Å². The zero-order valence-electron chi connectivity index (χ0n) is 13.9. The molecule has 0 saturated heterocycles. The van der Waals surface area contributed by atoms with E-state index in [9.17, 15) is 0 Å². The maximum atomic E-state index is 3.58. The van der Waals surface area contributed by atoms with Gasteiger partial charge in [-0.15, -0.1) is 0 Å². The summed E-state index contributed by atoms with van der Waals surface area (Å²) in [7, 11) is 2.12. The van der Waals surface area contributed by atoms with Gasteiger partial charge in [0.05, 0.1) is 0 Å². The summed E-state index contributed by atoms with van der Waals surface area (Å²) in [4.78, 5) is 0. The lowest BCUT2D eigenvalue weighted by molar-refractivity contribution is 0.192. The van der Waals surface area contributed by atoms with E-state index in [1.54, 1.807) is 0 Å². The number of aryl methyl sites for hydroxylation is 2. The van der Waals surface area contributed by atoms with Gasteiger partial charge in [0, 0.05) is 6.04 Å². The Balaban J connectivity index is 2.07. The van der Waals surface area contributed by atoms with E-state index in [0.717, 1.165) is 17.8 Å². The summed E-state index contributed by atoms with van der Waals surface area (Å²) in [6.45, 7) is 9.18. The number of benzene rings is 1. The van der Waals surface area contributed by atoms with Crippen molar-refractivity contribution in [3.63, 3.8) is 0 Å². The Labute approximate surface area is 125 Å². The van der Waals surface area contributed by atoms with Gasteiger partial charge in [-0.05, 0) is 81.0 Å². The van der Waals surface area contributed by atoms with Crippen LogP contribution in [0.4, 0.5) is 0 Å². The Morgan fingerprint density at radius 3 is 2.05 bits per heavy atom. The topological polar surface area (TPSA) is 12.0 Å². The molecule has 112 valence electrons. The first-order valence-corrected chi connectivity index (χ1v) is 8.27. The fourth-order valence-corrected chi connectivity index (χ4v) is 3.78. The van der Waals surface area contributed by atoms with Gasteiger partial charge in [0.15, 0.2) is 0 Å². The number of nitrogens with one attached hydrogen (secondary N) is 1. The van der Waals surface area contributed by atoms with Crippen molar-refractivity contribution in [2.24, 2.45) is 17.8 Å². The Hall–Kier alpha value is -0.820. The molecule has 1 aliphatic carbocycles. The second-order valence-electron chi connectivity index (χ2n) is 7.03. The second kappa shape index (κ2) is 6.76. The minimum Gasteiger partial charge on any atom is -0.313 e. The van der Waals surface area contributed by atoms with Gasteiger partial charge in [0.25, 0.3) is 0 Å². The summed E-state index contributed by atoms with van der Waals surface area (Å²) < 4.78 is 0. The van der Waals surface area contributed by atoms with Crippen LogP contribution in [0, 0.1) is 31.6 Å². The summed E-state index contributed by atoms with van der Waals surface area (Å²) in [5.41, 5.74) is 4.29. The molecule has 1 atom stereocenters. The van der Waals surface area contributed by atoms with Crippen molar-refractivity contribution in [1.29, 1.82) is 0 Å². The van der Waals surface area contributed by atoms with Gasteiger partial charge < -0.3 is 5.32 Å². The van der Waals surface area contributed by atoms with E-state index in [2.05, 4.69) is 58.3 Å². The van der Waals surface area contributed by atoms with Crippen molar-refractivity contribution in [3.8, 4) is 0 Å². The van der Waals surface area contributed by atoms with E-state index in [-0.39, 0.29) is 0 Å². The van der Waals surface area contributed by atoms with Gasteiger partial charge >= 0.3 is 0 Å². The predicted octanol–water partition coefficient (Wildman–Crippen LogP) is 5.03. The largest absolute Gasteiger partial charge is 0.313 e. The fraction of sp³-hybridized carbons (Fsp3) is 0.684. The third kappa shape index (κ3) is 3.44. The van der Waals surface area contributed by atoms with Crippen LogP contribution in [-0.2, 0) is 0 Å². The van der Waals surface area contributed by atoms with Crippen LogP contribution >= 0.6 is 0 Å². The predicted molar refractivity (Wildman–Crippen MR) is 88.0 cm³/mol. The number of rotatable bonds is 4. The quantitative estimate of drug-likeness (QED) is 0.811. The lowest BCUT2D eigenvalue weighted by atomic mass is 9.73. The number of hydrogen-bond acceptors (Lipinski definition) is 1. The van der Waals surface area contributed by atoms with Crippen molar-refractivity contribution in [2.75, 3.05) is 7.05 Å². The summed E-state index contributed by atoms with van der Waals surface area (Å²) >= 11 is 0. The average molecular weight is 273 g/mol. The first kappa shape index (κ1) is 15.6. The molecule has 0 spiro atoms. The van der Waals surface area contributed by atoms with E-state index in [4.69, 9.17) is 0 Å². The molecule has 0 aromatic heterocycles. The molecule has 0 bridgehead atoms. The summed E-state index contributed by atoms with van der Waals surface area (Å²) in [6.07, 6.45) is 5.57. The Morgan fingerprint density at radius 1 is 0.950 bits per heavy atom. The third-order valence-corrected chi connectivity index (χ3v) is 5.43. The van der Waals surface area contributed by atoms with E-state index in [1.807, 2.05) is 0 Å². The molecule has 20 heavy (non-hydrogen) atoms. The zero-order chi connectivity index (χ0) is 14.7. The minimum atomic E-state index is 0.530. The molecule has 1 fully saturated rings. The molecule has 0 aliphatic heterocycles. The molecule has 0 radical (unpaired) electrons. The lowest BCUT2D eigenvalue weighted by Gasteiger charge is -2.35. The summed E-state index contributed by atoms with van der Waals surface area (Å²) in [5, 5.41) is 3.58. The summed E-state index contributed by atoms with van der Waals surface area (Å²) in [6, 6.07) is 7.50. The van der Waals surface area contributed by atoms with Gasteiger partial charge in [-0.2, -0.15) is 0 Å². The molecular weight excluding hydrogens is 242 g/mol. The molecule has 1 unspecified atom stereocenters. The lowest BCUT2D eigenvalue weighted by Crippen LogP contribution is -2.29. The Bertz CT molecular complexity index is 427. The molecule has 1 saturated carbocycles. The van der Waals surface area contributed by atoms with Crippen molar-refractivity contribution < 1.29 is 0 Å². The van der Waals surface area contributed by atoms with Crippen molar-refractivity contribution in [2.45, 2.75) is 59.4 Å². The van der Waals surface area contributed by atoms with Gasteiger partial charge in [0.2, 0.25) is 0 Å². The molecule has 1 aliphatic rings. The van der Waals surface area contributed by atoms with Crippen LogP contribution in [0.1, 0.15) is 62.3 Å². The van der Waals surface area contributed by atoms with E-state index < -0.39 is 0 Å². The Morgan fingerprint density at radius 2 is 1.55 bits per heavy atom. The van der Waals surface area contributed by atoms with Gasteiger partial charge in [-0.25, -0.2) is 0 Å². The maximum Gasteiger partial charge on any atom is 0.0346 e. The minimum absolute atomic E-state index is 0.530. The Kier molecular flexibility index (Phi) is 5.26. The van der Waals surface area contributed by atoms with Crippen LogP contribution < -0.4 is 5.32 Å². The van der Waals surface area contributed by atoms with E-state index in [1.165, 1.54) is 42.4 Å². The van der Waals surface area contributed by atoms with Crippen LogP contribution in [0.2, 0.25) is 0 Å². The van der Waals surface area contributed by atoms with Gasteiger partial charge in [0.1, 0.15) is 0 Å². The highest BCUT2D eigenvalue weighted by Gasteiger charge is 2.28. The van der Waals surface area contributed by atoms with Crippen LogP contribution in [0.5, 0.6) is 0 Å². The van der Waals surface area contributed by atoms with Crippen molar-refractivity contribution in [3.05, 3.63) is 34.9 Å². The van der Waals surface area contributed by atoms with Crippen LogP contribution in [0.15, 0.2) is 18.2 Å². The van der Waals surface area contributed by atoms with E-state index >= 15 is 0 Å². The van der Waals surface area contributed by atoms with Crippen molar-refractivity contribution >= 4 is 0 Å². The molecule has 0 amide bonds. The molecule has 1 aromatic rings. The summed E-state index contributed by atoms with van der Waals surface area (Å²) in [5.74, 6) is 2.60. The van der Waals surface area contributed by atoms with Crippen LogP contribution in [0.25, 0.3) is 0 Å². The molecule has 1 nitrogen and oxygen atoms in total. The molecule has 2 rings (SSSR count). The SMILES string of the molecule is CNC(c1ccc(C)c(C)c1)C1CCC(C(C)C)CC1. The molecule has 1 heteroatoms. The second-order valence-corrected chi connectivity index (χ2v) is 7.03. The normalized spacial score (nSPS) is 24.9. The highest BCUT2D eigenvalue weighted by Crippen LogP contribution is 2.39. The van der Waals surface area contributed by atoms with E-state index in [0.29, 0.717) is 6.04 Å². The molecule has 1 N–H and O–H groups in total. The average Bonchev–Trinajstić information content (AvgIpc) is 2.44. The standard InChI is InChI=1S/C19H31N/c1-13(2)16-8-10-17(11-9-16)19(20-5)18-7-6-14(3)15(4)12-18/h6-7,12-13,16-17,19-20H,8-11H2,1-5H3. The maximum absolute atomic E-state index is 3.58. The van der Waals surface area contributed by atoms with Crippen LogP contribution in [-0.4, -0.2) is 7.05 Å².